The molecular formula is C13H24N4O. The first-order chi connectivity index (χ1) is 8.81. The Bertz CT molecular complexity index is 351. The van der Waals surface area contributed by atoms with Gasteiger partial charge in [0.15, 0.2) is 0 Å². The van der Waals surface area contributed by atoms with Crippen LogP contribution in [-0.2, 0) is 17.8 Å². The van der Waals surface area contributed by atoms with E-state index in [1.807, 2.05) is 17.9 Å². The zero-order valence-corrected chi connectivity index (χ0v) is 11.4. The molecule has 5 heteroatoms. The van der Waals surface area contributed by atoms with E-state index in [4.69, 9.17) is 4.74 Å². The lowest BCUT2D eigenvalue weighted by molar-refractivity contribution is -0.0291. The van der Waals surface area contributed by atoms with Crippen LogP contribution < -0.4 is 5.32 Å². The number of aromatic nitrogens is 2. The summed E-state index contributed by atoms with van der Waals surface area (Å²) < 4.78 is 7.73. The summed E-state index contributed by atoms with van der Waals surface area (Å²) in [6, 6.07) is 0. The van der Waals surface area contributed by atoms with Gasteiger partial charge in [0.1, 0.15) is 0 Å². The van der Waals surface area contributed by atoms with E-state index < -0.39 is 0 Å². The third-order valence-corrected chi connectivity index (χ3v) is 3.20. The van der Waals surface area contributed by atoms with E-state index in [1.54, 1.807) is 0 Å². The summed E-state index contributed by atoms with van der Waals surface area (Å²) in [6.07, 6.45) is 5.59. The van der Waals surface area contributed by atoms with Gasteiger partial charge >= 0.3 is 0 Å². The van der Waals surface area contributed by atoms with Crippen molar-refractivity contribution < 1.29 is 4.74 Å². The third kappa shape index (κ3) is 3.80. The van der Waals surface area contributed by atoms with E-state index in [2.05, 4.69) is 28.4 Å². The van der Waals surface area contributed by atoms with Crippen LogP contribution in [0.3, 0.4) is 0 Å². The maximum atomic E-state index is 5.71. The van der Waals surface area contributed by atoms with Gasteiger partial charge in [-0.2, -0.15) is 5.10 Å². The molecule has 0 radical (unpaired) electrons. The van der Waals surface area contributed by atoms with Crippen LogP contribution in [0.5, 0.6) is 0 Å². The SMILES string of the molecule is CCCn1cc(CN2CCOC(CNC)C2)cn1. The van der Waals surface area contributed by atoms with Crippen LogP contribution in [-0.4, -0.2) is 54.1 Å². The van der Waals surface area contributed by atoms with Crippen LogP contribution in [0, 0.1) is 0 Å². The molecule has 0 saturated carbocycles. The Balaban J connectivity index is 1.84. The van der Waals surface area contributed by atoms with Gasteiger partial charge in [-0.3, -0.25) is 9.58 Å². The lowest BCUT2D eigenvalue weighted by Crippen LogP contribution is -2.45. The van der Waals surface area contributed by atoms with E-state index in [0.29, 0.717) is 6.10 Å². The molecule has 102 valence electrons. The summed E-state index contributed by atoms with van der Waals surface area (Å²) in [5, 5.41) is 7.55. The summed E-state index contributed by atoms with van der Waals surface area (Å²) in [5.41, 5.74) is 1.30. The Hall–Kier alpha value is -0.910. The van der Waals surface area contributed by atoms with Gasteiger partial charge in [0.05, 0.1) is 18.9 Å². The molecule has 2 heterocycles. The summed E-state index contributed by atoms with van der Waals surface area (Å²) in [7, 11) is 1.97. The van der Waals surface area contributed by atoms with Gasteiger partial charge in [0.2, 0.25) is 0 Å². The standard InChI is InChI=1S/C13H24N4O/c1-3-4-17-10-12(7-15-17)9-16-5-6-18-13(11-16)8-14-2/h7,10,13-14H,3-6,8-9,11H2,1-2H3. The molecule has 5 nitrogen and oxygen atoms in total. The molecule has 0 amide bonds. The van der Waals surface area contributed by atoms with Gasteiger partial charge in [0, 0.05) is 44.5 Å². The van der Waals surface area contributed by atoms with Crippen molar-refractivity contribution in [2.24, 2.45) is 0 Å². The minimum atomic E-state index is 0.314. The minimum absolute atomic E-state index is 0.314. The molecule has 1 aromatic heterocycles. The number of ether oxygens (including phenoxy) is 1. The normalized spacial score (nSPS) is 21.3. The molecule has 0 spiro atoms. The fraction of sp³-hybridized carbons (Fsp3) is 0.769. The fourth-order valence-electron chi connectivity index (χ4n) is 2.37. The van der Waals surface area contributed by atoms with Gasteiger partial charge in [-0.25, -0.2) is 0 Å². The molecule has 1 aliphatic rings. The Morgan fingerprint density at radius 2 is 2.44 bits per heavy atom. The first-order valence-corrected chi connectivity index (χ1v) is 6.81. The zero-order valence-electron chi connectivity index (χ0n) is 11.4. The van der Waals surface area contributed by atoms with Gasteiger partial charge in [-0.15, -0.1) is 0 Å². The largest absolute Gasteiger partial charge is 0.374 e. The van der Waals surface area contributed by atoms with Crippen molar-refractivity contribution in [2.75, 3.05) is 33.3 Å². The van der Waals surface area contributed by atoms with E-state index in [-0.39, 0.29) is 0 Å². The molecule has 1 N–H and O–H groups in total. The first kappa shape index (κ1) is 13.5. The number of rotatable bonds is 6. The number of hydrogen-bond donors (Lipinski definition) is 1. The van der Waals surface area contributed by atoms with E-state index in [9.17, 15) is 0 Å². The van der Waals surface area contributed by atoms with Gasteiger partial charge in [-0.1, -0.05) is 6.92 Å². The molecule has 0 aromatic carbocycles. The molecule has 1 unspecified atom stereocenters. The molecule has 1 saturated heterocycles. The van der Waals surface area contributed by atoms with Crippen LogP contribution in [0.4, 0.5) is 0 Å². The zero-order chi connectivity index (χ0) is 12.8. The third-order valence-electron chi connectivity index (χ3n) is 3.20. The predicted molar refractivity (Wildman–Crippen MR) is 71.5 cm³/mol. The highest BCUT2D eigenvalue weighted by Crippen LogP contribution is 2.10. The second-order valence-corrected chi connectivity index (χ2v) is 4.90. The van der Waals surface area contributed by atoms with Crippen LogP contribution in [0.15, 0.2) is 12.4 Å². The second-order valence-electron chi connectivity index (χ2n) is 4.90. The predicted octanol–water partition coefficient (Wildman–Crippen LogP) is 0.713. The van der Waals surface area contributed by atoms with Crippen molar-refractivity contribution in [2.45, 2.75) is 32.5 Å². The summed E-state index contributed by atoms with van der Waals surface area (Å²) in [4.78, 5) is 2.44. The lowest BCUT2D eigenvalue weighted by atomic mass is 10.2. The Morgan fingerprint density at radius 1 is 1.56 bits per heavy atom. The van der Waals surface area contributed by atoms with Gasteiger partial charge < -0.3 is 10.1 Å². The molecule has 2 rings (SSSR count). The number of hydrogen-bond acceptors (Lipinski definition) is 4. The molecule has 1 aliphatic heterocycles. The number of likely N-dealkylation sites (N-methyl/N-ethyl adjacent to an activating group) is 1. The van der Waals surface area contributed by atoms with Crippen LogP contribution >= 0.6 is 0 Å². The average molecular weight is 252 g/mol. The van der Waals surface area contributed by atoms with Crippen LogP contribution in [0.2, 0.25) is 0 Å². The molecule has 0 aliphatic carbocycles. The van der Waals surface area contributed by atoms with Crippen LogP contribution in [0.1, 0.15) is 18.9 Å². The minimum Gasteiger partial charge on any atom is -0.374 e. The molecular weight excluding hydrogens is 228 g/mol. The number of nitrogens with zero attached hydrogens (tertiary/aromatic N) is 3. The van der Waals surface area contributed by atoms with Crippen molar-refractivity contribution in [3.05, 3.63) is 18.0 Å². The Morgan fingerprint density at radius 3 is 3.22 bits per heavy atom. The topological polar surface area (TPSA) is 42.3 Å². The van der Waals surface area contributed by atoms with E-state index in [0.717, 1.165) is 45.8 Å². The molecule has 0 bridgehead atoms. The molecule has 1 atom stereocenters. The number of aryl methyl sites for hydroxylation is 1. The Labute approximate surface area is 109 Å². The van der Waals surface area contributed by atoms with E-state index >= 15 is 0 Å². The highest BCUT2D eigenvalue weighted by atomic mass is 16.5. The maximum absolute atomic E-state index is 5.71. The summed E-state index contributed by atoms with van der Waals surface area (Å²) in [5.74, 6) is 0. The second kappa shape index (κ2) is 6.87. The van der Waals surface area contributed by atoms with Crippen molar-refractivity contribution in [3.63, 3.8) is 0 Å². The highest BCUT2D eigenvalue weighted by molar-refractivity contribution is 5.04. The molecule has 1 fully saturated rings. The molecule has 1 aromatic rings. The monoisotopic (exact) mass is 252 g/mol. The average Bonchev–Trinajstić information content (AvgIpc) is 2.78. The maximum Gasteiger partial charge on any atom is 0.0826 e. The number of morpholine rings is 1. The lowest BCUT2D eigenvalue weighted by Gasteiger charge is -2.32. The Kier molecular flexibility index (Phi) is 5.16. The molecule has 18 heavy (non-hydrogen) atoms. The van der Waals surface area contributed by atoms with Crippen molar-refractivity contribution in [3.8, 4) is 0 Å². The highest BCUT2D eigenvalue weighted by Gasteiger charge is 2.20. The van der Waals surface area contributed by atoms with E-state index in [1.165, 1.54) is 5.56 Å². The van der Waals surface area contributed by atoms with Crippen molar-refractivity contribution in [1.29, 1.82) is 0 Å². The quantitative estimate of drug-likeness (QED) is 0.810. The van der Waals surface area contributed by atoms with Crippen LogP contribution in [0.25, 0.3) is 0 Å². The van der Waals surface area contributed by atoms with Gasteiger partial charge in [0.25, 0.3) is 0 Å². The van der Waals surface area contributed by atoms with Gasteiger partial charge in [-0.05, 0) is 13.5 Å². The van der Waals surface area contributed by atoms with Crippen molar-refractivity contribution >= 4 is 0 Å². The first-order valence-electron chi connectivity index (χ1n) is 6.81. The summed E-state index contributed by atoms with van der Waals surface area (Å²) >= 11 is 0. The summed E-state index contributed by atoms with van der Waals surface area (Å²) in [6.45, 7) is 7.92. The smallest absolute Gasteiger partial charge is 0.0826 e. The fourth-order valence-corrected chi connectivity index (χ4v) is 2.37. The van der Waals surface area contributed by atoms with Crippen molar-refractivity contribution in [1.82, 2.24) is 20.0 Å². The number of nitrogens with one attached hydrogen (secondary N) is 1.